The maximum Gasteiger partial charge on any atom is 0.265 e. The van der Waals surface area contributed by atoms with Crippen LogP contribution in [0.5, 0.6) is 0 Å². The second kappa shape index (κ2) is 8.86. The highest BCUT2D eigenvalue weighted by Gasteiger charge is 2.30. The summed E-state index contributed by atoms with van der Waals surface area (Å²) < 4.78 is 40.3. The van der Waals surface area contributed by atoms with Gasteiger partial charge in [0.1, 0.15) is 15.7 Å². The van der Waals surface area contributed by atoms with Gasteiger partial charge in [-0.2, -0.15) is 4.31 Å². The van der Waals surface area contributed by atoms with Crippen LogP contribution < -0.4 is 0 Å². The van der Waals surface area contributed by atoms with Crippen molar-refractivity contribution in [3.63, 3.8) is 0 Å². The van der Waals surface area contributed by atoms with Gasteiger partial charge in [-0.25, -0.2) is 17.8 Å². The zero-order valence-corrected chi connectivity index (χ0v) is 18.6. The van der Waals surface area contributed by atoms with Crippen molar-refractivity contribution in [3.8, 4) is 10.6 Å². The molecule has 1 aliphatic heterocycles. The van der Waals surface area contributed by atoms with Crippen molar-refractivity contribution in [1.82, 2.24) is 14.2 Å². The molecule has 0 atom stereocenters. The summed E-state index contributed by atoms with van der Waals surface area (Å²) >= 11 is 1.36. The molecule has 0 N–H and O–H groups in total. The Bertz CT molecular complexity index is 1180. The number of halogens is 1. The first-order valence-corrected chi connectivity index (χ1v) is 12.2. The van der Waals surface area contributed by atoms with Crippen LogP contribution in [0.25, 0.3) is 10.6 Å². The van der Waals surface area contributed by atoms with E-state index in [2.05, 4.69) is 4.98 Å². The number of benzene rings is 2. The summed E-state index contributed by atoms with van der Waals surface area (Å²) in [6, 6.07) is 14.5. The lowest BCUT2D eigenvalue weighted by atomic mass is 10.2. The second-order valence-corrected chi connectivity index (χ2v) is 10.2. The van der Waals surface area contributed by atoms with E-state index >= 15 is 0 Å². The van der Waals surface area contributed by atoms with Gasteiger partial charge in [0, 0.05) is 31.7 Å². The summed E-state index contributed by atoms with van der Waals surface area (Å²) in [4.78, 5) is 20.0. The first-order valence-electron chi connectivity index (χ1n) is 9.94. The molecule has 2 aromatic carbocycles. The van der Waals surface area contributed by atoms with Crippen LogP contribution in [-0.4, -0.2) is 54.7 Å². The molecule has 6 nitrogen and oxygen atoms in total. The third kappa shape index (κ3) is 4.53. The summed E-state index contributed by atoms with van der Waals surface area (Å²) in [7, 11) is -3.74. The Kier molecular flexibility index (Phi) is 6.17. The van der Waals surface area contributed by atoms with E-state index in [0.29, 0.717) is 30.1 Å². The minimum absolute atomic E-state index is 0.0551. The number of hydrogen-bond donors (Lipinski definition) is 0. The molecule has 1 fully saturated rings. The van der Waals surface area contributed by atoms with Crippen LogP contribution in [0.1, 0.15) is 21.8 Å². The summed E-state index contributed by atoms with van der Waals surface area (Å²) in [5.41, 5.74) is 1.64. The molecule has 0 spiro atoms. The molecule has 0 unspecified atom stereocenters. The van der Waals surface area contributed by atoms with Crippen molar-refractivity contribution in [2.75, 3.05) is 26.2 Å². The molecular weight excluding hydrogens is 437 g/mol. The minimum atomic E-state index is -3.74. The van der Waals surface area contributed by atoms with Crippen molar-refractivity contribution < 1.29 is 17.6 Å². The van der Waals surface area contributed by atoms with Crippen LogP contribution >= 0.6 is 11.3 Å². The number of thiazole rings is 1. The smallest absolute Gasteiger partial charge is 0.265 e. The van der Waals surface area contributed by atoms with E-state index < -0.39 is 15.8 Å². The standard InChI is InChI=1S/C22H22FN3O3S2/c1-16-20(30-21(24-16)17-6-3-2-4-7-17)22(27)25-12-5-13-26(15-14-25)31(28,29)19-10-8-18(23)9-11-19/h2-4,6-11H,5,12-15H2,1H3. The average Bonchev–Trinajstić information content (AvgIpc) is 2.98. The lowest BCUT2D eigenvalue weighted by Crippen LogP contribution is -2.37. The molecule has 2 heterocycles. The van der Waals surface area contributed by atoms with E-state index in [4.69, 9.17) is 0 Å². The average molecular weight is 460 g/mol. The van der Waals surface area contributed by atoms with Gasteiger partial charge in [0.25, 0.3) is 5.91 Å². The number of carbonyl (C=O) groups is 1. The lowest BCUT2D eigenvalue weighted by molar-refractivity contribution is 0.0768. The lowest BCUT2D eigenvalue weighted by Gasteiger charge is -2.21. The van der Waals surface area contributed by atoms with Gasteiger partial charge in [-0.3, -0.25) is 4.79 Å². The summed E-state index contributed by atoms with van der Waals surface area (Å²) in [6.07, 6.45) is 0.523. The number of aryl methyl sites for hydroxylation is 1. The molecular formula is C22H22FN3O3S2. The van der Waals surface area contributed by atoms with E-state index in [1.54, 1.807) is 4.90 Å². The molecule has 9 heteroatoms. The van der Waals surface area contributed by atoms with E-state index in [-0.39, 0.29) is 23.9 Å². The summed E-state index contributed by atoms with van der Waals surface area (Å²) in [6.45, 7) is 3.07. The zero-order valence-electron chi connectivity index (χ0n) is 17.0. The molecule has 162 valence electrons. The number of amides is 1. The van der Waals surface area contributed by atoms with Crippen molar-refractivity contribution >= 4 is 27.3 Å². The largest absolute Gasteiger partial charge is 0.337 e. The number of rotatable bonds is 4. The van der Waals surface area contributed by atoms with E-state index in [1.165, 1.54) is 27.8 Å². The molecule has 0 radical (unpaired) electrons. The van der Waals surface area contributed by atoms with Crippen LogP contribution in [0.4, 0.5) is 4.39 Å². The Balaban J connectivity index is 1.49. The topological polar surface area (TPSA) is 70.6 Å². The molecule has 31 heavy (non-hydrogen) atoms. The number of sulfonamides is 1. The first-order chi connectivity index (χ1) is 14.9. The van der Waals surface area contributed by atoms with Gasteiger partial charge in [-0.1, -0.05) is 30.3 Å². The molecule has 1 amide bonds. The van der Waals surface area contributed by atoms with Crippen molar-refractivity contribution in [2.45, 2.75) is 18.2 Å². The van der Waals surface area contributed by atoms with Gasteiger partial charge >= 0.3 is 0 Å². The summed E-state index contributed by atoms with van der Waals surface area (Å²) in [5.74, 6) is -0.611. The van der Waals surface area contributed by atoms with E-state index in [1.807, 2.05) is 37.3 Å². The van der Waals surface area contributed by atoms with E-state index in [0.717, 1.165) is 22.7 Å². The quantitative estimate of drug-likeness (QED) is 0.595. The fourth-order valence-electron chi connectivity index (χ4n) is 3.54. The van der Waals surface area contributed by atoms with Crippen LogP contribution in [0.2, 0.25) is 0 Å². The molecule has 0 aliphatic carbocycles. The molecule has 0 saturated carbocycles. The van der Waals surface area contributed by atoms with Crippen LogP contribution in [-0.2, 0) is 10.0 Å². The normalized spacial score (nSPS) is 15.6. The highest BCUT2D eigenvalue weighted by Crippen LogP contribution is 2.29. The molecule has 3 aromatic rings. The van der Waals surface area contributed by atoms with Crippen LogP contribution in [0, 0.1) is 12.7 Å². The Morgan fingerprint density at radius 1 is 1.00 bits per heavy atom. The SMILES string of the molecule is Cc1nc(-c2ccccc2)sc1C(=O)N1CCCN(S(=O)(=O)c2ccc(F)cc2)CC1. The van der Waals surface area contributed by atoms with Gasteiger partial charge in [-0.05, 0) is 37.6 Å². The number of aromatic nitrogens is 1. The van der Waals surface area contributed by atoms with Gasteiger partial charge in [0.15, 0.2) is 0 Å². The minimum Gasteiger partial charge on any atom is -0.337 e. The molecule has 1 aromatic heterocycles. The highest BCUT2D eigenvalue weighted by molar-refractivity contribution is 7.89. The predicted octanol–water partition coefficient (Wildman–Crippen LogP) is 3.79. The maximum absolute atomic E-state index is 13.2. The maximum atomic E-state index is 13.2. The molecule has 1 aliphatic rings. The van der Waals surface area contributed by atoms with Crippen LogP contribution in [0.15, 0.2) is 59.5 Å². The fraction of sp³-hybridized carbons (Fsp3) is 0.273. The number of nitrogens with zero attached hydrogens (tertiary/aromatic N) is 3. The molecule has 0 bridgehead atoms. The Morgan fingerprint density at radius 3 is 2.42 bits per heavy atom. The monoisotopic (exact) mass is 459 g/mol. The van der Waals surface area contributed by atoms with Gasteiger partial charge in [0.2, 0.25) is 10.0 Å². The van der Waals surface area contributed by atoms with Crippen molar-refractivity contribution in [2.24, 2.45) is 0 Å². The number of hydrogen-bond acceptors (Lipinski definition) is 5. The first kappa shape index (κ1) is 21.6. The summed E-state index contributed by atoms with van der Waals surface area (Å²) in [5, 5.41) is 0.789. The van der Waals surface area contributed by atoms with Gasteiger partial charge in [-0.15, -0.1) is 11.3 Å². The zero-order chi connectivity index (χ0) is 22.0. The highest BCUT2D eigenvalue weighted by atomic mass is 32.2. The Morgan fingerprint density at radius 2 is 1.71 bits per heavy atom. The second-order valence-electron chi connectivity index (χ2n) is 7.30. The number of carbonyl (C=O) groups excluding carboxylic acids is 1. The third-order valence-corrected chi connectivity index (χ3v) is 8.31. The van der Waals surface area contributed by atoms with Gasteiger partial charge < -0.3 is 4.90 Å². The van der Waals surface area contributed by atoms with E-state index in [9.17, 15) is 17.6 Å². The third-order valence-electron chi connectivity index (χ3n) is 5.21. The molecule has 1 saturated heterocycles. The predicted molar refractivity (Wildman–Crippen MR) is 118 cm³/mol. The Labute approximate surface area is 185 Å². The molecule has 4 rings (SSSR count). The van der Waals surface area contributed by atoms with Gasteiger partial charge in [0.05, 0.1) is 10.6 Å². The van der Waals surface area contributed by atoms with Crippen molar-refractivity contribution in [3.05, 3.63) is 71.0 Å². The fourth-order valence-corrected chi connectivity index (χ4v) is 6.04. The van der Waals surface area contributed by atoms with Crippen LogP contribution in [0.3, 0.4) is 0 Å². The Hall–Kier alpha value is -2.62. The van der Waals surface area contributed by atoms with Crippen molar-refractivity contribution in [1.29, 1.82) is 0 Å².